The summed E-state index contributed by atoms with van der Waals surface area (Å²) in [5.41, 5.74) is 3.43. The number of likely N-dealkylation sites (tertiary alicyclic amines) is 1. The zero-order valence-electron chi connectivity index (χ0n) is 17.7. The zero-order valence-corrected chi connectivity index (χ0v) is 18.5. The molecule has 2 aromatic heterocycles. The Morgan fingerprint density at radius 2 is 1.68 bits per heavy atom. The quantitative estimate of drug-likeness (QED) is 0.439. The highest BCUT2D eigenvalue weighted by atomic mass is 32.2. The number of thioether (sulfide) groups is 1. The van der Waals surface area contributed by atoms with Crippen LogP contribution in [0.3, 0.4) is 0 Å². The molecule has 0 unspecified atom stereocenters. The first-order valence-electron chi connectivity index (χ1n) is 10.5. The number of nitrogens with zero attached hydrogens (tertiary/aromatic N) is 6. The van der Waals surface area contributed by atoms with Crippen LogP contribution < -0.4 is 0 Å². The summed E-state index contributed by atoms with van der Waals surface area (Å²) in [6, 6.07) is 7.93. The summed E-state index contributed by atoms with van der Waals surface area (Å²) in [5, 5.41) is 9.12. The van der Waals surface area contributed by atoms with E-state index in [1.165, 1.54) is 23.9 Å². The Bertz CT molecular complexity index is 1040. The van der Waals surface area contributed by atoms with Crippen LogP contribution in [0.2, 0.25) is 0 Å². The second-order valence-corrected chi connectivity index (χ2v) is 8.64. The molecule has 7 nitrogen and oxygen atoms in total. The van der Waals surface area contributed by atoms with Gasteiger partial charge in [-0.25, -0.2) is 19.0 Å². The molecule has 0 aliphatic carbocycles. The van der Waals surface area contributed by atoms with Crippen LogP contribution in [-0.2, 0) is 5.75 Å². The average molecular weight is 441 g/mol. The van der Waals surface area contributed by atoms with Crippen LogP contribution in [0.15, 0.2) is 35.5 Å². The Kier molecular flexibility index (Phi) is 6.60. The maximum atomic E-state index is 13.4. The topological polar surface area (TPSA) is 76.8 Å². The molecule has 31 heavy (non-hydrogen) atoms. The SMILES string of the molecule is Cc1cc(C)nc(SCc2c(C(=O)N3CCCCCC3)nnn2-c2ccc(F)cc2)n1. The number of carbonyl (C=O) groups excluding carboxylic acids is 1. The minimum Gasteiger partial charge on any atom is -0.337 e. The number of aromatic nitrogens is 5. The second-order valence-electron chi connectivity index (χ2n) is 7.70. The summed E-state index contributed by atoms with van der Waals surface area (Å²) in [5.74, 6) is -0.0150. The van der Waals surface area contributed by atoms with Crippen molar-refractivity contribution in [3.05, 3.63) is 58.9 Å². The van der Waals surface area contributed by atoms with E-state index < -0.39 is 0 Å². The van der Waals surface area contributed by atoms with Crippen LogP contribution >= 0.6 is 11.8 Å². The summed E-state index contributed by atoms with van der Waals surface area (Å²) < 4.78 is 15.0. The molecule has 0 atom stereocenters. The van der Waals surface area contributed by atoms with Gasteiger partial charge in [-0.2, -0.15) is 0 Å². The molecule has 0 saturated carbocycles. The minimum absolute atomic E-state index is 0.104. The van der Waals surface area contributed by atoms with E-state index in [1.54, 1.807) is 16.8 Å². The van der Waals surface area contributed by atoms with E-state index >= 15 is 0 Å². The lowest BCUT2D eigenvalue weighted by Gasteiger charge is -2.19. The Morgan fingerprint density at radius 1 is 1.03 bits per heavy atom. The first kappa shape index (κ1) is 21.4. The van der Waals surface area contributed by atoms with Crippen molar-refractivity contribution < 1.29 is 9.18 Å². The molecular formula is C22H25FN6OS. The minimum atomic E-state index is -0.329. The maximum Gasteiger partial charge on any atom is 0.276 e. The van der Waals surface area contributed by atoms with Crippen molar-refractivity contribution in [2.45, 2.75) is 50.4 Å². The second kappa shape index (κ2) is 9.55. The van der Waals surface area contributed by atoms with Gasteiger partial charge in [0.05, 0.1) is 11.4 Å². The van der Waals surface area contributed by atoms with Gasteiger partial charge in [-0.3, -0.25) is 4.79 Å². The molecule has 0 bridgehead atoms. The van der Waals surface area contributed by atoms with Gasteiger partial charge in [0.25, 0.3) is 5.91 Å². The molecule has 1 amide bonds. The van der Waals surface area contributed by atoms with Crippen molar-refractivity contribution >= 4 is 17.7 Å². The van der Waals surface area contributed by atoms with Crippen molar-refractivity contribution in [1.82, 2.24) is 29.9 Å². The van der Waals surface area contributed by atoms with Gasteiger partial charge in [-0.15, -0.1) is 5.10 Å². The van der Waals surface area contributed by atoms with Gasteiger partial charge in [-0.1, -0.05) is 29.8 Å². The summed E-state index contributed by atoms with van der Waals surface area (Å²) >= 11 is 1.43. The van der Waals surface area contributed by atoms with Crippen LogP contribution in [-0.4, -0.2) is 48.9 Å². The fraction of sp³-hybridized carbons (Fsp3) is 0.409. The number of benzene rings is 1. The lowest BCUT2D eigenvalue weighted by Crippen LogP contribution is -2.32. The van der Waals surface area contributed by atoms with Crippen molar-refractivity contribution in [3.8, 4) is 5.69 Å². The number of halogens is 1. The molecule has 3 heterocycles. The van der Waals surface area contributed by atoms with Gasteiger partial charge >= 0.3 is 0 Å². The lowest BCUT2D eigenvalue weighted by molar-refractivity contribution is 0.0755. The lowest BCUT2D eigenvalue weighted by atomic mass is 10.2. The molecule has 9 heteroatoms. The Morgan fingerprint density at radius 3 is 2.32 bits per heavy atom. The molecule has 0 N–H and O–H groups in total. The Labute approximate surface area is 185 Å². The molecule has 1 aliphatic rings. The molecule has 162 valence electrons. The number of amides is 1. The van der Waals surface area contributed by atoms with Crippen LogP contribution in [0, 0.1) is 19.7 Å². The number of aryl methyl sites for hydroxylation is 2. The van der Waals surface area contributed by atoms with Crippen molar-refractivity contribution in [2.24, 2.45) is 0 Å². The van der Waals surface area contributed by atoms with Crippen molar-refractivity contribution in [3.63, 3.8) is 0 Å². The highest BCUT2D eigenvalue weighted by molar-refractivity contribution is 7.98. The van der Waals surface area contributed by atoms with E-state index in [-0.39, 0.29) is 11.7 Å². The van der Waals surface area contributed by atoms with E-state index in [9.17, 15) is 9.18 Å². The molecule has 1 aliphatic heterocycles. The third-order valence-corrected chi connectivity index (χ3v) is 6.09. The molecule has 4 rings (SSSR count). The van der Waals surface area contributed by atoms with Crippen LogP contribution in [0.5, 0.6) is 0 Å². The number of rotatable bonds is 5. The smallest absolute Gasteiger partial charge is 0.276 e. The van der Waals surface area contributed by atoms with Crippen LogP contribution in [0.4, 0.5) is 4.39 Å². The molecule has 1 saturated heterocycles. The third-order valence-electron chi connectivity index (χ3n) is 5.23. The first-order valence-corrected chi connectivity index (χ1v) is 11.4. The number of hydrogen-bond acceptors (Lipinski definition) is 6. The standard InChI is InChI=1S/C22H25FN6OS/c1-15-13-16(2)25-22(24-15)31-14-19-20(21(30)28-11-5-3-4-6-12-28)26-27-29(19)18-9-7-17(23)8-10-18/h7-10,13H,3-6,11-12,14H2,1-2H3. The molecule has 1 fully saturated rings. The summed E-state index contributed by atoms with van der Waals surface area (Å²) in [6.45, 7) is 5.32. The predicted octanol–water partition coefficient (Wildman–Crippen LogP) is 4.12. The van der Waals surface area contributed by atoms with Gasteiger partial charge in [0.2, 0.25) is 0 Å². The van der Waals surface area contributed by atoms with Gasteiger partial charge in [0, 0.05) is 30.2 Å². The van der Waals surface area contributed by atoms with E-state index in [0.717, 1.165) is 50.2 Å². The van der Waals surface area contributed by atoms with Crippen LogP contribution in [0.1, 0.15) is 53.3 Å². The van der Waals surface area contributed by atoms with E-state index in [4.69, 9.17) is 0 Å². The van der Waals surface area contributed by atoms with Gasteiger partial charge in [-0.05, 0) is 57.0 Å². The monoisotopic (exact) mass is 440 g/mol. The van der Waals surface area contributed by atoms with Gasteiger partial charge < -0.3 is 4.90 Å². The highest BCUT2D eigenvalue weighted by Crippen LogP contribution is 2.25. The zero-order chi connectivity index (χ0) is 21.8. The largest absolute Gasteiger partial charge is 0.337 e. The maximum absolute atomic E-state index is 13.4. The normalized spacial score (nSPS) is 14.5. The van der Waals surface area contributed by atoms with Crippen LogP contribution in [0.25, 0.3) is 5.69 Å². The first-order chi connectivity index (χ1) is 15.0. The molecule has 0 spiro atoms. The predicted molar refractivity (Wildman–Crippen MR) is 117 cm³/mol. The molecular weight excluding hydrogens is 415 g/mol. The fourth-order valence-electron chi connectivity index (χ4n) is 3.70. The van der Waals surface area contributed by atoms with Crippen molar-refractivity contribution in [1.29, 1.82) is 0 Å². The van der Waals surface area contributed by atoms with E-state index in [1.807, 2.05) is 24.8 Å². The Hall–Kier alpha value is -2.81. The molecule has 1 aromatic carbocycles. The number of hydrogen-bond donors (Lipinski definition) is 0. The average Bonchev–Trinajstić information content (AvgIpc) is 2.97. The fourth-order valence-corrected chi connectivity index (χ4v) is 4.64. The van der Waals surface area contributed by atoms with Gasteiger partial charge in [0.1, 0.15) is 5.82 Å². The number of carbonyl (C=O) groups is 1. The van der Waals surface area contributed by atoms with E-state index in [2.05, 4.69) is 20.3 Å². The van der Waals surface area contributed by atoms with Gasteiger partial charge in [0.15, 0.2) is 10.9 Å². The van der Waals surface area contributed by atoms with E-state index in [0.29, 0.717) is 28.0 Å². The summed E-state index contributed by atoms with van der Waals surface area (Å²) in [4.78, 5) is 24.1. The molecule has 3 aromatic rings. The Balaban J connectivity index is 1.67. The highest BCUT2D eigenvalue weighted by Gasteiger charge is 2.26. The molecule has 0 radical (unpaired) electrons. The summed E-state index contributed by atoms with van der Waals surface area (Å²) in [7, 11) is 0. The summed E-state index contributed by atoms with van der Waals surface area (Å²) in [6.07, 6.45) is 4.27. The third kappa shape index (κ3) is 5.10. The van der Waals surface area contributed by atoms with Crippen molar-refractivity contribution in [2.75, 3.05) is 13.1 Å².